The Morgan fingerprint density at radius 1 is 1.05 bits per heavy atom. The van der Waals surface area contributed by atoms with Crippen LogP contribution in [-0.4, -0.2) is 0 Å². The van der Waals surface area contributed by atoms with Crippen molar-refractivity contribution in [3.63, 3.8) is 0 Å². The first-order valence-electron chi connectivity index (χ1n) is 6.92. The van der Waals surface area contributed by atoms with Crippen molar-refractivity contribution in [2.45, 2.75) is 40.0 Å². The number of hydrogen-bond acceptors (Lipinski definition) is 0. The van der Waals surface area contributed by atoms with E-state index in [0.29, 0.717) is 11.5 Å². The lowest BCUT2D eigenvalue weighted by Crippen LogP contribution is -1.94. The Morgan fingerprint density at radius 3 is 2.42 bits per heavy atom. The molecule has 0 nitrogen and oxygen atoms in total. The van der Waals surface area contributed by atoms with Crippen molar-refractivity contribution in [2.24, 2.45) is 0 Å². The number of benzene rings is 2. The van der Waals surface area contributed by atoms with E-state index in [-0.39, 0.29) is 5.82 Å². The minimum absolute atomic E-state index is 0.143. The van der Waals surface area contributed by atoms with Gasteiger partial charge in [-0.15, -0.1) is 0 Å². The van der Waals surface area contributed by atoms with Gasteiger partial charge >= 0.3 is 0 Å². The molecule has 100 valence electrons. The van der Waals surface area contributed by atoms with Crippen LogP contribution in [0.2, 0.25) is 0 Å². The van der Waals surface area contributed by atoms with Crippen LogP contribution in [0, 0.1) is 12.7 Å². The fraction of sp³-hybridized carbons (Fsp3) is 0.333. The second-order valence-corrected chi connectivity index (χ2v) is 5.39. The summed E-state index contributed by atoms with van der Waals surface area (Å²) in [5, 5.41) is 0. The van der Waals surface area contributed by atoms with Gasteiger partial charge in [0.15, 0.2) is 0 Å². The first kappa shape index (κ1) is 13.8. The molecule has 0 spiro atoms. The minimum Gasteiger partial charge on any atom is -0.206 e. The Bertz CT molecular complexity index is 582. The molecule has 2 rings (SSSR count). The lowest BCUT2D eigenvalue weighted by atomic mass is 9.92. The molecule has 0 unspecified atom stereocenters. The normalized spacial score (nSPS) is 11.1. The molecule has 0 amide bonds. The van der Waals surface area contributed by atoms with Gasteiger partial charge in [-0.1, -0.05) is 45.0 Å². The number of halogens is 1. The fourth-order valence-electron chi connectivity index (χ4n) is 2.44. The summed E-state index contributed by atoms with van der Waals surface area (Å²) >= 11 is 0. The van der Waals surface area contributed by atoms with Crippen LogP contribution in [0.3, 0.4) is 0 Å². The minimum atomic E-state index is -0.143. The molecule has 0 saturated carbocycles. The van der Waals surface area contributed by atoms with Gasteiger partial charge in [0, 0.05) is 5.56 Å². The van der Waals surface area contributed by atoms with Crippen molar-refractivity contribution >= 4 is 0 Å². The summed E-state index contributed by atoms with van der Waals surface area (Å²) < 4.78 is 14.0. The van der Waals surface area contributed by atoms with Crippen molar-refractivity contribution in [2.75, 3.05) is 0 Å². The molecule has 19 heavy (non-hydrogen) atoms. The van der Waals surface area contributed by atoms with Gasteiger partial charge < -0.3 is 0 Å². The summed E-state index contributed by atoms with van der Waals surface area (Å²) in [4.78, 5) is 0. The van der Waals surface area contributed by atoms with E-state index in [1.165, 1.54) is 16.7 Å². The monoisotopic (exact) mass is 256 g/mol. The van der Waals surface area contributed by atoms with Crippen LogP contribution in [0.15, 0.2) is 36.4 Å². The van der Waals surface area contributed by atoms with Gasteiger partial charge in [0.05, 0.1) is 0 Å². The lowest BCUT2D eigenvalue weighted by molar-refractivity contribution is 0.630. The number of rotatable bonds is 3. The molecule has 0 radical (unpaired) electrons. The van der Waals surface area contributed by atoms with E-state index in [0.717, 1.165) is 12.0 Å². The Morgan fingerprint density at radius 2 is 1.79 bits per heavy atom. The van der Waals surface area contributed by atoms with Crippen molar-refractivity contribution in [3.8, 4) is 11.1 Å². The van der Waals surface area contributed by atoms with Crippen LogP contribution in [0.25, 0.3) is 11.1 Å². The number of hydrogen-bond donors (Lipinski definition) is 0. The van der Waals surface area contributed by atoms with Crippen LogP contribution in [-0.2, 0) is 6.42 Å². The largest absolute Gasteiger partial charge is 0.206 e. The molecule has 0 saturated heterocycles. The quantitative estimate of drug-likeness (QED) is 0.681. The maximum atomic E-state index is 14.0. The fourth-order valence-corrected chi connectivity index (χ4v) is 2.44. The Hall–Kier alpha value is -1.63. The average molecular weight is 256 g/mol. The zero-order valence-corrected chi connectivity index (χ0v) is 12.1. The molecular formula is C18H21F. The lowest BCUT2D eigenvalue weighted by Gasteiger charge is -2.13. The zero-order chi connectivity index (χ0) is 14.0. The molecule has 2 aromatic carbocycles. The maximum absolute atomic E-state index is 14.0. The van der Waals surface area contributed by atoms with Gasteiger partial charge in [-0.3, -0.25) is 0 Å². The topological polar surface area (TPSA) is 0 Å². The number of aryl methyl sites for hydroxylation is 2. The summed E-state index contributed by atoms with van der Waals surface area (Å²) in [7, 11) is 0. The second kappa shape index (κ2) is 5.56. The molecule has 2 aromatic rings. The van der Waals surface area contributed by atoms with E-state index in [2.05, 4.69) is 39.8 Å². The van der Waals surface area contributed by atoms with E-state index < -0.39 is 0 Å². The molecule has 1 heteroatoms. The van der Waals surface area contributed by atoms with Crippen molar-refractivity contribution in [3.05, 3.63) is 58.9 Å². The Balaban J connectivity index is 2.55. The second-order valence-electron chi connectivity index (χ2n) is 5.39. The molecular weight excluding hydrogens is 235 g/mol. The standard InChI is InChI=1S/C18H21F/c1-5-14-7-9-18(19)17(10-14)15-8-6-13(4)16(11-15)12(2)3/h6-12H,5H2,1-4H3. The highest BCUT2D eigenvalue weighted by Crippen LogP contribution is 2.29. The Kier molecular flexibility index (Phi) is 4.04. The van der Waals surface area contributed by atoms with Crippen LogP contribution < -0.4 is 0 Å². The first-order valence-corrected chi connectivity index (χ1v) is 6.92. The van der Waals surface area contributed by atoms with Gasteiger partial charge in [0.25, 0.3) is 0 Å². The molecule has 0 bridgehead atoms. The van der Waals surface area contributed by atoms with Gasteiger partial charge in [0.1, 0.15) is 5.82 Å². The molecule has 0 aliphatic carbocycles. The molecule has 0 aromatic heterocycles. The average Bonchev–Trinajstić information content (AvgIpc) is 2.40. The summed E-state index contributed by atoms with van der Waals surface area (Å²) in [6, 6.07) is 11.6. The highest BCUT2D eigenvalue weighted by molar-refractivity contribution is 5.66. The van der Waals surface area contributed by atoms with Crippen molar-refractivity contribution in [1.82, 2.24) is 0 Å². The van der Waals surface area contributed by atoms with Gasteiger partial charge in [-0.2, -0.15) is 0 Å². The zero-order valence-electron chi connectivity index (χ0n) is 12.1. The predicted molar refractivity (Wildman–Crippen MR) is 80.0 cm³/mol. The highest BCUT2D eigenvalue weighted by Gasteiger charge is 2.09. The van der Waals surface area contributed by atoms with Crippen molar-refractivity contribution < 1.29 is 4.39 Å². The van der Waals surface area contributed by atoms with Gasteiger partial charge in [0.2, 0.25) is 0 Å². The van der Waals surface area contributed by atoms with E-state index in [1.807, 2.05) is 18.2 Å². The van der Waals surface area contributed by atoms with Crippen LogP contribution in [0.4, 0.5) is 4.39 Å². The maximum Gasteiger partial charge on any atom is 0.131 e. The van der Waals surface area contributed by atoms with E-state index in [4.69, 9.17) is 0 Å². The smallest absolute Gasteiger partial charge is 0.131 e. The molecule has 0 aliphatic heterocycles. The van der Waals surface area contributed by atoms with Crippen molar-refractivity contribution in [1.29, 1.82) is 0 Å². The summed E-state index contributed by atoms with van der Waals surface area (Å²) in [6.45, 7) is 8.54. The molecule has 0 aliphatic rings. The van der Waals surface area contributed by atoms with Gasteiger partial charge in [-0.25, -0.2) is 4.39 Å². The van der Waals surface area contributed by atoms with E-state index in [9.17, 15) is 4.39 Å². The Labute approximate surface area is 115 Å². The third-order valence-corrected chi connectivity index (χ3v) is 3.65. The third-order valence-electron chi connectivity index (χ3n) is 3.65. The molecule has 0 heterocycles. The first-order chi connectivity index (χ1) is 9.02. The van der Waals surface area contributed by atoms with E-state index >= 15 is 0 Å². The van der Waals surface area contributed by atoms with E-state index in [1.54, 1.807) is 6.07 Å². The molecule has 0 fully saturated rings. The summed E-state index contributed by atoms with van der Waals surface area (Å²) in [5.74, 6) is 0.313. The molecule has 0 atom stereocenters. The van der Waals surface area contributed by atoms with Gasteiger partial charge in [-0.05, 0) is 53.6 Å². The predicted octanol–water partition coefficient (Wildman–Crippen LogP) is 5.49. The van der Waals surface area contributed by atoms with Crippen LogP contribution in [0.1, 0.15) is 43.4 Å². The van der Waals surface area contributed by atoms with Crippen LogP contribution >= 0.6 is 0 Å². The summed E-state index contributed by atoms with van der Waals surface area (Å²) in [5.41, 5.74) is 5.41. The summed E-state index contributed by atoms with van der Waals surface area (Å²) in [6.07, 6.45) is 0.927. The third kappa shape index (κ3) is 2.86. The van der Waals surface area contributed by atoms with Crippen LogP contribution in [0.5, 0.6) is 0 Å². The molecule has 0 N–H and O–H groups in total. The highest BCUT2D eigenvalue weighted by atomic mass is 19.1. The SMILES string of the molecule is CCc1ccc(F)c(-c2ccc(C)c(C(C)C)c2)c1.